The van der Waals surface area contributed by atoms with Crippen molar-refractivity contribution < 1.29 is 9.47 Å². The van der Waals surface area contributed by atoms with Crippen LogP contribution >= 0.6 is 0 Å². The lowest BCUT2D eigenvalue weighted by molar-refractivity contribution is 0.0320. The Kier molecular flexibility index (Phi) is 7.01. The summed E-state index contributed by atoms with van der Waals surface area (Å²) >= 11 is 0. The smallest absolute Gasteiger partial charge is 0.0831 e. The van der Waals surface area contributed by atoms with Crippen molar-refractivity contribution in [1.29, 1.82) is 0 Å². The molecule has 1 aliphatic heterocycles. The molecular weight excluding hydrogens is 202 g/mol. The van der Waals surface area contributed by atoms with Crippen LogP contribution in [0.3, 0.4) is 0 Å². The Morgan fingerprint density at radius 1 is 1.44 bits per heavy atom. The Morgan fingerprint density at radius 2 is 2.25 bits per heavy atom. The Labute approximate surface area is 99.9 Å². The van der Waals surface area contributed by atoms with Crippen molar-refractivity contribution in [2.24, 2.45) is 5.92 Å². The van der Waals surface area contributed by atoms with E-state index in [-0.39, 0.29) is 0 Å². The molecule has 3 atom stereocenters. The molecule has 1 fully saturated rings. The molecule has 0 aromatic carbocycles. The Bertz CT molecular complexity index is 169. The molecule has 3 nitrogen and oxygen atoms in total. The van der Waals surface area contributed by atoms with Crippen LogP contribution in [0.2, 0.25) is 0 Å². The lowest BCUT2D eigenvalue weighted by Gasteiger charge is -2.19. The highest BCUT2D eigenvalue weighted by atomic mass is 16.5. The van der Waals surface area contributed by atoms with Crippen LogP contribution in [0.25, 0.3) is 0 Å². The van der Waals surface area contributed by atoms with Crippen LogP contribution < -0.4 is 5.32 Å². The number of ether oxygens (including phenoxy) is 2. The van der Waals surface area contributed by atoms with Gasteiger partial charge in [-0.25, -0.2) is 0 Å². The molecule has 0 spiro atoms. The van der Waals surface area contributed by atoms with Crippen molar-refractivity contribution >= 4 is 0 Å². The minimum Gasteiger partial charge on any atom is -0.379 e. The lowest BCUT2D eigenvalue weighted by Crippen LogP contribution is -2.35. The van der Waals surface area contributed by atoms with Crippen LogP contribution in [0.15, 0.2) is 0 Å². The first-order valence-corrected chi connectivity index (χ1v) is 6.65. The molecule has 1 heterocycles. The molecule has 16 heavy (non-hydrogen) atoms. The second-order valence-electron chi connectivity index (χ2n) is 5.02. The minimum atomic E-state index is 0.331. The van der Waals surface area contributed by atoms with Gasteiger partial charge in [-0.15, -0.1) is 0 Å². The zero-order valence-corrected chi connectivity index (χ0v) is 11.0. The Morgan fingerprint density at radius 3 is 2.88 bits per heavy atom. The maximum Gasteiger partial charge on any atom is 0.0831 e. The fourth-order valence-electron chi connectivity index (χ4n) is 1.98. The normalized spacial score (nSPS) is 24.6. The third-order valence-corrected chi connectivity index (χ3v) is 3.07. The maximum absolute atomic E-state index is 5.77. The number of hydrogen-bond donors (Lipinski definition) is 1. The van der Waals surface area contributed by atoms with Gasteiger partial charge in [0.2, 0.25) is 0 Å². The van der Waals surface area contributed by atoms with E-state index < -0.39 is 0 Å². The maximum atomic E-state index is 5.77. The summed E-state index contributed by atoms with van der Waals surface area (Å²) in [6.07, 6.45) is 3.96. The van der Waals surface area contributed by atoms with Gasteiger partial charge in [0.05, 0.1) is 19.3 Å². The summed E-state index contributed by atoms with van der Waals surface area (Å²) in [4.78, 5) is 0. The van der Waals surface area contributed by atoms with E-state index in [4.69, 9.17) is 9.47 Å². The van der Waals surface area contributed by atoms with E-state index in [0.717, 1.165) is 38.7 Å². The van der Waals surface area contributed by atoms with E-state index >= 15 is 0 Å². The van der Waals surface area contributed by atoms with E-state index in [1.165, 1.54) is 12.8 Å². The van der Waals surface area contributed by atoms with Crippen LogP contribution in [-0.4, -0.2) is 38.5 Å². The minimum absolute atomic E-state index is 0.331. The predicted molar refractivity (Wildman–Crippen MR) is 66.7 cm³/mol. The third kappa shape index (κ3) is 5.83. The molecule has 0 aliphatic carbocycles. The fraction of sp³-hybridized carbons (Fsp3) is 1.00. The molecule has 0 aromatic heterocycles. The van der Waals surface area contributed by atoms with E-state index in [1.807, 2.05) is 0 Å². The van der Waals surface area contributed by atoms with Gasteiger partial charge in [-0.1, -0.05) is 20.3 Å². The zero-order valence-electron chi connectivity index (χ0n) is 11.0. The van der Waals surface area contributed by atoms with E-state index in [1.54, 1.807) is 0 Å². The summed E-state index contributed by atoms with van der Waals surface area (Å²) in [7, 11) is 0. The van der Waals surface area contributed by atoms with Crippen LogP contribution in [-0.2, 0) is 9.47 Å². The number of hydrogen-bond acceptors (Lipinski definition) is 3. The molecule has 1 rings (SSSR count). The first-order chi connectivity index (χ1) is 7.72. The zero-order chi connectivity index (χ0) is 11.8. The molecule has 0 bridgehead atoms. The monoisotopic (exact) mass is 229 g/mol. The quantitative estimate of drug-likeness (QED) is 0.692. The van der Waals surface area contributed by atoms with Crippen LogP contribution in [0.5, 0.6) is 0 Å². The second kappa shape index (κ2) is 8.04. The summed E-state index contributed by atoms with van der Waals surface area (Å²) in [5, 5.41) is 3.53. The van der Waals surface area contributed by atoms with Gasteiger partial charge in [-0.2, -0.15) is 0 Å². The average Bonchev–Trinajstić information content (AvgIpc) is 2.77. The topological polar surface area (TPSA) is 30.5 Å². The Balaban J connectivity index is 1.99. The van der Waals surface area contributed by atoms with Gasteiger partial charge in [0, 0.05) is 12.6 Å². The van der Waals surface area contributed by atoms with E-state index in [2.05, 4.69) is 26.1 Å². The summed E-state index contributed by atoms with van der Waals surface area (Å²) in [6.45, 7) is 10.3. The van der Waals surface area contributed by atoms with Gasteiger partial charge in [-0.05, 0) is 32.2 Å². The van der Waals surface area contributed by atoms with Gasteiger partial charge in [0.1, 0.15) is 0 Å². The summed E-state index contributed by atoms with van der Waals surface area (Å²) in [6, 6.07) is 0.444. The molecule has 96 valence electrons. The van der Waals surface area contributed by atoms with Crippen LogP contribution in [0.1, 0.15) is 40.0 Å². The molecule has 3 heteroatoms. The van der Waals surface area contributed by atoms with Gasteiger partial charge in [0.15, 0.2) is 0 Å². The van der Waals surface area contributed by atoms with Gasteiger partial charge < -0.3 is 14.8 Å². The molecular formula is C13H27NO2. The molecule has 0 saturated carbocycles. The molecule has 1 saturated heterocycles. The van der Waals surface area contributed by atoms with Crippen molar-refractivity contribution in [2.45, 2.75) is 52.2 Å². The van der Waals surface area contributed by atoms with Crippen molar-refractivity contribution in [2.75, 3.05) is 26.4 Å². The highest BCUT2D eigenvalue weighted by Gasteiger charge is 2.16. The average molecular weight is 229 g/mol. The summed E-state index contributed by atoms with van der Waals surface area (Å²) in [5.41, 5.74) is 0. The molecule has 1 aliphatic rings. The Hall–Kier alpha value is -0.120. The van der Waals surface area contributed by atoms with Crippen molar-refractivity contribution in [3.63, 3.8) is 0 Å². The van der Waals surface area contributed by atoms with Crippen molar-refractivity contribution in [1.82, 2.24) is 5.32 Å². The molecule has 1 N–H and O–H groups in total. The first kappa shape index (κ1) is 13.9. The molecule has 0 radical (unpaired) electrons. The molecule has 0 aromatic rings. The second-order valence-corrected chi connectivity index (χ2v) is 5.02. The van der Waals surface area contributed by atoms with Gasteiger partial charge in [-0.3, -0.25) is 0 Å². The van der Waals surface area contributed by atoms with Crippen LogP contribution in [0.4, 0.5) is 0 Å². The number of rotatable bonds is 8. The molecule has 3 unspecified atom stereocenters. The van der Waals surface area contributed by atoms with E-state index in [9.17, 15) is 0 Å². The van der Waals surface area contributed by atoms with E-state index in [0.29, 0.717) is 12.1 Å². The number of nitrogens with one attached hydrogen (secondary N) is 1. The van der Waals surface area contributed by atoms with Crippen LogP contribution in [0, 0.1) is 5.92 Å². The predicted octanol–water partition coefficient (Wildman–Crippen LogP) is 2.21. The molecule has 0 amide bonds. The SMILES string of the molecule is CCCC(C)CNC(C)COC1CCOC1. The summed E-state index contributed by atoms with van der Waals surface area (Å²) < 4.78 is 11.0. The lowest BCUT2D eigenvalue weighted by atomic mass is 10.1. The van der Waals surface area contributed by atoms with Crippen molar-refractivity contribution in [3.05, 3.63) is 0 Å². The van der Waals surface area contributed by atoms with Gasteiger partial charge in [0.25, 0.3) is 0 Å². The highest BCUT2D eigenvalue weighted by molar-refractivity contribution is 4.67. The third-order valence-electron chi connectivity index (χ3n) is 3.07. The van der Waals surface area contributed by atoms with Gasteiger partial charge >= 0.3 is 0 Å². The largest absolute Gasteiger partial charge is 0.379 e. The first-order valence-electron chi connectivity index (χ1n) is 6.65. The fourth-order valence-corrected chi connectivity index (χ4v) is 1.98. The highest BCUT2D eigenvalue weighted by Crippen LogP contribution is 2.08. The standard InChI is InChI=1S/C13H27NO2/c1-4-5-11(2)8-14-12(3)9-16-13-6-7-15-10-13/h11-14H,4-10H2,1-3H3. The van der Waals surface area contributed by atoms with Crippen molar-refractivity contribution in [3.8, 4) is 0 Å². The summed E-state index contributed by atoms with van der Waals surface area (Å²) in [5.74, 6) is 0.766.